The van der Waals surface area contributed by atoms with Gasteiger partial charge in [-0.3, -0.25) is 13.8 Å². The highest BCUT2D eigenvalue weighted by Crippen LogP contribution is 2.43. The number of carbonyl (C=O) groups excluding carboxylic acids is 1. The fourth-order valence-electron chi connectivity index (χ4n) is 5.72. The molecule has 3 atom stereocenters. The van der Waals surface area contributed by atoms with E-state index < -0.39 is 20.0 Å². The van der Waals surface area contributed by atoms with Gasteiger partial charge in [-0.15, -0.1) is 0 Å². The summed E-state index contributed by atoms with van der Waals surface area (Å²) in [7, 11) is 1.56. The number of phosphoric acid groups is 1. The number of amides is 1. The van der Waals surface area contributed by atoms with Crippen LogP contribution in [0.1, 0.15) is 174 Å². The minimum atomic E-state index is -4.34. The van der Waals surface area contributed by atoms with E-state index in [1.807, 2.05) is 27.2 Å². The van der Waals surface area contributed by atoms with Crippen molar-refractivity contribution in [2.75, 3.05) is 40.9 Å². The molecular weight excluding hydrogens is 659 g/mol. The van der Waals surface area contributed by atoms with Gasteiger partial charge in [-0.05, 0) is 51.4 Å². The number of nitrogens with one attached hydrogen (secondary N) is 1. The van der Waals surface area contributed by atoms with E-state index in [0.717, 1.165) is 64.2 Å². The first-order chi connectivity index (χ1) is 24.5. The molecule has 0 heterocycles. The second kappa shape index (κ2) is 34.5. The van der Waals surface area contributed by atoms with Crippen LogP contribution in [0, 0.1) is 0 Å². The lowest BCUT2D eigenvalue weighted by Gasteiger charge is -2.25. The summed E-state index contributed by atoms with van der Waals surface area (Å²) in [6.45, 7) is 4.76. The van der Waals surface area contributed by atoms with Gasteiger partial charge in [0.05, 0.1) is 39.9 Å². The Labute approximate surface area is 315 Å². The summed E-state index contributed by atoms with van der Waals surface area (Å²) in [5, 5.41) is 13.8. The van der Waals surface area contributed by atoms with E-state index in [-0.39, 0.29) is 19.1 Å². The van der Waals surface area contributed by atoms with Crippen molar-refractivity contribution in [3.05, 3.63) is 36.5 Å². The van der Waals surface area contributed by atoms with Crippen molar-refractivity contribution in [1.29, 1.82) is 0 Å². The Bertz CT molecular complexity index is 933. The summed E-state index contributed by atoms with van der Waals surface area (Å²) in [6.07, 6.45) is 40.6. The van der Waals surface area contributed by atoms with E-state index in [0.29, 0.717) is 17.4 Å². The molecule has 0 fully saturated rings. The molecule has 0 radical (unpaired) electrons. The average Bonchev–Trinajstić information content (AvgIpc) is 3.07. The first-order valence-corrected chi connectivity index (χ1v) is 22.4. The summed E-state index contributed by atoms with van der Waals surface area (Å²) >= 11 is 0. The van der Waals surface area contributed by atoms with Crippen LogP contribution in [0.5, 0.6) is 0 Å². The standard InChI is InChI=1S/C42H81N2O6P/c1-6-8-10-12-14-16-18-20-22-24-26-28-30-32-34-36-42(46)43-40(39-50-51(47,48)49-38-37-44(3,4)5)41(45)35-33-31-29-27-25-23-21-19-17-15-13-11-9-7-2/h14,16,20,22,33,35,40-41,45H,6-13,15,17-19,21,23-32,34,36-39H2,1-5H3,(H-,43,46,47,48)/p+1/b16-14-,22-20-,35-33+. The zero-order chi connectivity index (χ0) is 37.9. The van der Waals surface area contributed by atoms with Crippen LogP contribution in [0.25, 0.3) is 0 Å². The van der Waals surface area contributed by atoms with Crippen molar-refractivity contribution in [2.24, 2.45) is 0 Å². The zero-order valence-corrected chi connectivity index (χ0v) is 34.7. The molecule has 0 spiro atoms. The van der Waals surface area contributed by atoms with Gasteiger partial charge in [0, 0.05) is 6.42 Å². The number of hydrogen-bond donors (Lipinski definition) is 3. The third-order valence-corrected chi connectivity index (χ3v) is 10.1. The first kappa shape index (κ1) is 49.7. The number of aliphatic hydroxyl groups is 1. The molecule has 0 aliphatic heterocycles. The molecule has 1 amide bonds. The number of quaternary nitrogens is 1. The van der Waals surface area contributed by atoms with Crippen LogP contribution in [0.4, 0.5) is 0 Å². The van der Waals surface area contributed by atoms with E-state index in [1.54, 1.807) is 6.08 Å². The third-order valence-electron chi connectivity index (χ3n) is 9.10. The fraction of sp³-hybridized carbons (Fsp3) is 0.833. The molecule has 51 heavy (non-hydrogen) atoms. The summed E-state index contributed by atoms with van der Waals surface area (Å²) in [5.74, 6) is -0.193. The number of allylic oxidation sites excluding steroid dienone is 5. The van der Waals surface area contributed by atoms with Gasteiger partial charge in [0.25, 0.3) is 0 Å². The van der Waals surface area contributed by atoms with Crippen molar-refractivity contribution in [1.82, 2.24) is 5.32 Å². The predicted molar refractivity (Wildman–Crippen MR) is 217 cm³/mol. The molecule has 0 saturated carbocycles. The second-order valence-electron chi connectivity index (χ2n) is 15.4. The van der Waals surface area contributed by atoms with E-state index in [1.165, 1.54) is 89.9 Å². The molecular formula is C42H82N2O6P+. The number of carbonyl (C=O) groups is 1. The van der Waals surface area contributed by atoms with Crippen molar-refractivity contribution in [2.45, 2.75) is 187 Å². The molecule has 0 bridgehead atoms. The fourth-order valence-corrected chi connectivity index (χ4v) is 6.45. The van der Waals surface area contributed by atoms with Crippen LogP contribution in [0.2, 0.25) is 0 Å². The molecule has 8 nitrogen and oxygen atoms in total. The highest BCUT2D eigenvalue weighted by atomic mass is 31.2. The third kappa shape index (κ3) is 36.9. The molecule has 3 N–H and O–H groups in total. The van der Waals surface area contributed by atoms with Gasteiger partial charge in [-0.1, -0.05) is 153 Å². The summed E-state index contributed by atoms with van der Waals surface area (Å²) in [4.78, 5) is 23.0. The predicted octanol–water partition coefficient (Wildman–Crippen LogP) is 11.1. The average molecular weight is 742 g/mol. The number of hydrogen-bond acceptors (Lipinski definition) is 5. The maximum atomic E-state index is 12.8. The monoisotopic (exact) mass is 742 g/mol. The maximum absolute atomic E-state index is 12.8. The van der Waals surface area contributed by atoms with E-state index in [2.05, 4.69) is 43.5 Å². The highest BCUT2D eigenvalue weighted by Gasteiger charge is 2.27. The van der Waals surface area contributed by atoms with Crippen molar-refractivity contribution in [3.8, 4) is 0 Å². The topological polar surface area (TPSA) is 105 Å². The normalized spacial score (nSPS) is 14.9. The lowest BCUT2D eigenvalue weighted by Crippen LogP contribution is -2.45. The second-order valence-corrected chi connectivity index (χ2v) is 16.8. The number of likely N-dealkylation sites (N-methyl/N-ethyl adjacent to an activating group) is 1. The zero-order valence-electron chi connectivity index (χ0n) is 33.8. The Morgan fingerprint density at radius 3 is 1.65 bits per heavy atom. The van der Waals surface area contributed by atoms with Gasteiger partial charge in [0.15, 0.2) is 0 Å². The Balaban J connectivity index is 4.52. The largest absolute Gasteiger partial charge is 0.472 e. The smallest absolute Gasteiger partial charge is 0.387 e. The molecule has 0 rings (SSSR count). The molecule has 3 unspecified atom stereocenters. The lowest BCUT2D eigenvalue weighted by atomic mass is 10.0. The van der Waals surface area contributed by atoms with Crippen LogP contribution in [0.15, 0.2) is 36.5 Å². The van der Waals surface area contributed by atoms with Crippen LogP contribution in [0.3, 0.4) is 0 Å². The minimum absolute atomic E-state index is 0.0582. The van der Waals surface area contributed by atoms with E-state index in [4.69, 9.17) is 9.05 Å². The van der Waals surface area contributed by atoms with Crippen molar-refractivity contribution < 1.29 is 32.9 Å². The molecule has 0 aromatic heterocycles. The molecule has 0 saturated heterocycles. The van der Waals surface area contributed by atoms with Crippen LogP contribution >= 0.6 is 7.82 Å². The molecule has 0 aliphatic carbocycles. The molecule has 0 aromatic carbocycles. The van der Waals surface area contributed by atoms with Gasteiger partial charge in [0.1, 0.15) is 13.2 Å². The van der Waals surface area contributed by atoms with Crippen LogP contribution in [-0.4, -0.2) is 73.4 Å². The highest BCUT2D eigenvalue weighted by molar-refractivity contribution is 7.47. The maximum Gasteiger partial charge on any atom is 0.472 e. The Morgan fingerprint density at radius 1 is 0.667 bits per heavy atom. The summed E-state index contributed by atoms with van der Waals surface area (Å²) in [6, 6.07) is -0.851. The number of nitrogens with zero attached hydrogens (tertiary/aromatic N) is 1. The van der Waals surface area contributed by atoms with E-state index in [9.17, 15) is 19.4 Å². The Morgan fingerprint density at radius 2 is 1.12 bits per heavy atom. The Hall–Kier alpha value is -1.28. The molecule has 0 aliphatic rings. The van der Waals surface area contributed by atoms with Crippen LogP contribution in [-0.2, 0) is 18.4 Å². The van der Waals surface area contributed by atoms with E-state index >= 15 is 0 Å². The van der Waals surface area contributed by atoms with Gasteiger partial charge < -0.3 is 19.8 Å². The number of rotatable bonds is 37. The molecule has 0 aromatic rings. The molecule has 9 heteroatoms. The summed E-state index contributed by atoms with van der Waals surface area (Å²) in [5.41, 5.74) is 0. The van der Waals surface area contributed by atoms with Gasteiger partial charge in [0.2, 0.25) is 5.91 Å². The minimum Gasteiger partial charge on any atom is -0.387 e. The SMILES string of the molecule is CCCCC/C=C\C/C=C\CCCCCCCC(=O)NC(COP(=O)(O)OCC[N+](C)(C)C)C(O)/C=C/CCCCCCCCCCCCCC. The van der Waals surface area contributed by atoms with Crippen LogP contribution < -0.4 is 5.32 Å². The summed E-state index contributed by atoms with van der Waals surface area (Å²) < 4.78 is 23.5. The first-order valence-electron chi connectivity index (χ1n) is 20.9. The molecule has 300 valence electrons. The quantitative estimate of drug-likeness (QED) is 0.0253. The number of aliphatic hydroxyl groups excluding tert-OH is 1. The van der Waals surface area contributed by atoms with Gasteiger partial charge >= 0.3 is 7.82 Å². The van der Waals surface area contributed by atoms with Crippen molar-refractivity contribution >= 4 is 13.7 Å². The lowest BCUT2D eigenvalue weighted by molar-refractivity contribution is -0.870. The Kier molecular flexibility index (Phi) is 33.6. The number of phosphoric ester groups is 1. The van der Waals surface area contributed by atoms with Crippen molar-refractivity contribution in [3.63, 3.8) is 0 Å². The van der Waals surface area contributed by atoms with Gasteiger partial charge in [-0.25, -0.2) is 4.57 Å². The van der Waals surface area contributed by atoms with Gasteiger partial charge in [-0.2, -0.15) is 0 Å². The number of unbranched alkanes of at least 4 members (excludes halogenated alkanes) is 20.